The van der Waals surface area contributed by atoms with Crippen LogP contribution in [0, 0.1) is 29.8 Å². The first-order chi connectivity index (χ1) is 10.2. The Morgan fingerprint density at radius 1 is 1.14 bits per heavy atom. The zero-order valence-corrected chi connectivity index (χ0v) is 12.6. The second-order valence-corrected chi connectivity index (χ2v) is 6.48. The van der Waals surface area contributed by atoms with E-state index in [1.165, 1.54) is 19.1 Å². The van der Waals surface area contributed by atoms with Crippen LogP contribution >= 0.6 is 0 Å². The van der Waals surface area contributed by atoms with Gasteiger partial charge in [0.1, 0.15) is 0 Å². The van der Waals surface area contributed by atoms with Gasteiger partial charge in [-0.3, -0.25) is 14.8 Å². The van der Waals surface area contributed by atoms with Crippen LogP contribution in [0.5, 0.6) is 0 Å². The first-order valence-corrected chi connectivity index (χ1v) is 7.73. The Kier molecular flexibility index (Phi) is 4.14. The first-order valence-electron chi connectivity index (χ1n) is 6.25. The fourth-order valence-electron chi connectivity index (χ4n) is 1.84. The van der Waals surface area contributed by atoms with Crippen LogP contribution in [0.3, 0.4) is 0 Å². The Bertz CT molecular complexity index is 833. The largest absolute Gasteiger partial charge is 0.305 e. The molecule has 0 heterocycles. The van der Waals surface area contributed by atoms with Gasteiger partial charge in [0.2, 0.25) is 5.82 Å². The number of aryl methyl sites for hydroxylation is 2. The average molecular weight is 324 g/mol. The van der Waals surface area contributed by atoms with E-state index in [9.17, 15) is 22.9 Å². The van der Waals surface area contributed by atoms with Crippen molar-refractivity contribution in [1.82, 2.24) is 0 Å². The van der Waals surface area contributed by atoms with E-state index in [-0.39, 0.29) is 16.1 Å². The highest BCUT2D eigenvalue weighted by molar-refractivity contribution is 7.92. The summed E-state index contributed by atoms with van der Waals surface area (Å²) in [6, 6.07) is 7.92. The van der Waals surface area contributed by atoms with Crippen molar-refractivity contribution in [1.29, 1.82) is 0 Å². The van der Waals surface area contributed by atoms with Crippen LogP contribution in [0.1, 0.15) is 11.1 Å². The smallest absolute Gasteiger partial charge is 0.279 e. The molecule has 0 saturated heterocycles. The number of nitrogens with one attached hydrogen (secondary N) is 1. The van der Waals surface area contributed by atoms with E-state index in [1.54, 1.807) is 12.1 Å². The molecule has 0 radical (unpaired) electrons. The molecule has 0 atom stereocenters. The molecule has 0 saturated carbocycles. The molecule has 0 spiro atoms. The molecule has 116 valence electrons. The third-order valence-electron chi connectivity index (χ3n) is 3.07. The van der Waals surface area contributed by atoms with Crippen LogP contribution in [-0.4, -0.2) is 13.3 Å². The number of hydrogen-bond acceptors (Lipinski definition) is 4. The fourth-order valence-corrected chi connectivity index (χ4v) is 2.96. The first kappa shape index (κ1) is 15.9. The van der Waals surface area contributed by atoms with Crippen LogP contribution in [0.15, 0.2) is 41.3 Å². The van der Waals surface area contributed by atoms with Gasteiger partial charge in [-0.2, -0.15) is 4.39 Å². The van der Waals surface area contributed by atoms with Gasteiger partial charge in [0.05, 0.1) is 15.5 Å². The number of halogens is 1. The van der Waals surface area contributed by atoms with Crippen molar-refractivity contribution >= 4 is 21.4 Å². The lowest BCUT2D eigenvalue weighted by atomic mass is 10.2. The van der Waals surface area contributed by atoms with E-state index in [4.69, 9.17) is 0 Å². The topological polar surface area (TPSA) is 89.3 Å². The molecule has 0 aliphatic rings. The molecule has 2 aromatic rings. The zero-order chi connectivity index (χ0) is 16.5. The lowest BCUT2D eigenvalue weighted by Gasteiger charge is -2.11. The molecule has 0 amide bonds. The van der Waals surface area contributed by atoms with Crippen LogP contribution in [0.25, 0.3) is 0 Å². The summed E-state index contributed by atoms with van der Waals surface area (Å²) in [6.07, 6.45) is 0. The Balaban J connectivity index is 2.40. The van der Waals surface area contributed by atoms with Crippen molar-refractivity contribution in [3.63, 3.8) is 0 Å². The predicted molar refractivity (Wildman–Crippen MR) is 79.8 cm³/mol. The van der Waals surface area contributed by atoms with E-state index >= 15 is 0 Å². The van der Waals surface area contributed by atoms with E-state index in [2.05, 4.69) is 4.72 Å². The average Bonchev–Trinajstić information content (AvgIpc) is 2.42. The number of benzene rings is 2. The minimum atomic E-state index is -3.89. The maximum atomic E-state index is 13.6. The van der Waals surface area contributed by atoms with Crippen molar-refractivity contribution in [2.24, 2.45) is 0 Å². The summed E-state index contributed by atoms with van der Waals surface area (Å²) in [5.74, 6) is -1.10. The molecule has 0 aliphatic heterocycles. The predicted octanol–water partition coefficient (Wildman–Crippen LogP) is 3.15. The minimum Gasteiger partial charge on any atom is -0.279 e. The summed E-state index contributed by atoms with van der Waals surface area (Å²) >= 11 is 0. The summed E-state index contributed by atoms with van der Waals surface area (Å²) < 4.78 is 40.3. The third kappa shape index (κ3) is 3.22. The Hall–Kier alpha value is -2.48. The summed E-state index contributed by atoms with van der Waals surface area (Å²) in [6.45, 7) is 3.28. The standard InChI is InChI=1S/C14H13FN2O4S/c1-9-3-5-11(6-4-9)22(20,21)16-13-8-12(15)14(17(18)19)7-10(13)2/h3-8,16H,1-2H3. The van der Waals surface area contributed by atoms with E-state index in [1.807, 2.05) is 6.92 Å². The van der Waals surface area contributed by atoms with Crippen molar-refractivity contribution in [2.45, 2.75) is 18.7 Å². The summed E-state index contributed by atoms with van der Waals surface area (Å²) in [4.78, 5) is 9.81. The number of sulfonamides is 1. The number of anilines is 1. The molecule has 0 fully saturated rings. The Labute approximate surface area is 126 Å². The second-order valence-electron chi connectivity index (χ2n) is 4.79. The van der Waals surface area contributed by atoms with E-state index < -0.39 is 26.5 Å². The van der Waals surface area contributed by atoms with Gasteiger partial charge >= 0.3 is 5.69 Å². The molecular weight excluding hydrogens is 311 g/mol. The summed E-state index contributed by atoms with van der Waals surface area (Å²) in [5.41, 5.74) is 0.416. The fraction of sp³-hybridized carbons (Fsp3) is 0.143. The Morgan fingerprint density at radius 3 is 2.27 bits per heavy atom. The molecule has 2 rings (SSSR count). The summed E-state index contributed by atoms with van der Waals surface area (Å²) in [5, 5.41) is 10.7. The third-order valence-corrected chi connectivity index (χ3v) is 4.45. The molecule has 1 N–H and O–H groups in total. The van der Waals surface area contributed by atoms with Gasteiger partial charge in [-0.1, -0.05) is 17.7 Å². The van der Waals surface area contributed by atoms with Gasteiger partial charge in [0.15, 0.2) is 0 Å². The van der Waals surface area contributed by atoms with E-state index in [0.717, 1.165) is 17.7 Å². The van der Waals surface area contributed by atoms with Gasteiger partial charge in [0, 0.05) is 12.1 Å². The minimum absolute atomic E-state index is 0.0243. The number of hydrogen-bond donors (Lipinski definition) is 1. The molecular formula is C14H13FN2O4S. The lowest BCUT2D eigenvalue weighted by molar-refractivity contribution is -0.387. The monoisotopic (exact) mass is 324 g/mol. The molecule has 0 aromatic heterocycles. The highest BCUT2D eigenvalue weighted by Crippen LogP contribution is 2.27. The highest BCUT2D eigenvalue weighted by atomic mass is 32.2. The van der Waals surface area contributed by atoms with Gasteiger partial charge in [0.25, 0.3) is 10.0 Å². The van der Waals surface area contributed by atoms with Crippen molar-refractivity contribution in [2.75, 3.05) is 4.72 Å². The van der Waals surface area contributed by atoms with Gasteiger partial charge in [-0.05, 0) is 31.5 Å². The molecule has 2 aromatic carbocycles. The number of nitrogens with zero attached hydrogens (tertiary/aromatic N) is 1. The van der Waals surface area contributed by atoms with Crippen molar-refractivity contribution in [3.8, 4) is 0 Å². The van der Waals surface area contributed by atoms with Gasteiger partial charge in [-0.25, -0.2) is 8.42 Å². The quantitative estimate of drug-likeness (QED) is 0.691. The van der Waals surface area contributed by atoms with Gasteiger partial charge < -0.3 is 0 Å². The number of rotatable bonds is 4. The number of nitro groups is 1. The molecule has 0 unspecified atom stereocenters. The SMILES string of the molecule is Cc1ccc(S(=O)(=O)Nc2cc(F)c([N+](=O)[O-])cc2C)cc1. The number of nitro benzene ring substituents is 1. The Morgan fingerprint density at radius 2 is 1.73 bits per heavy atom. The van der Waals surface area contributed by atoms with Gasteiger partial charge in [-0.15, -0.1) is 0 Å². The van der Waals surface area contributed by atoms with Crippen LogP contribution in [0.4, 0.5) is 15.8 Å². The van der Waals surface area contributed by atoms with Crippen LogP contribution in [-0.2, 0) is 10.0 Å². The second kappa shape index (κ2) is 5.72. The van der Waals surface area contributed by atoms with Crippen LogP contribution < -0.4 is 4.72 Å². The maximum absolute atomic E-state index is 13.6. The molecule has 6 nitrogen and oxygen atoms in total. The molecule has 0 aliphatic carbocycles. The van der Waals surface area contributed by atoms with Crippen LogP contribution in [0.2, 0.25) is 0 Å². The van der Waals surface area contributed by atoms with Crippen molar-refractivity contribution in [3.05, 3.63) is 63.5 Å². The zero-order valence-electron chi connectivity index (χ0n) is 11.8. The molecule has 22 heavy (non-hydrogen) atoms. The van der Waals surface area contributed by atoms with E-state index in [0.29, 0.717) is 0 Å². The maximum Gasteiger partial charge on any atom is 0.305 e. The lowest BCUT2D eigenvalue weighted by Crippen LogP contribution is -2.14. The highest BCUT2D eigenvalue weighted by Gasteiger charge is 2.20. The molecule has 0 bridgehead atoms. The molecule has 8 heteroatoms. The van der Waals surface area contributed by atoms with Crippen molar-refractivity contribution < 1.29 is 17.7 Å². The summed E-state index contributed by atoms with van der Waals surface area (Å²) in [7, 11) is -3.89. The normalized spacial score (nSPS) is 11.2.